The number of hydrogen-bond donors (Lipinski definition) is 1. The van der Waals surface area contributed by atoms with Crippen molar-refractivity contribution in [3.05, 3.63) is 53.9 Å². The van der Waals surface area contributed by atoms with Gasteiger partial charge in [-0.2, -0.15) is 5.10 Å². The van der Waals surface area contributed by atoms with Crippen molar-refractivity contribution >= 4 is 18.3 Å². The zero-order chi connectivity index (χ0) is 18.5. The number of rotatable bonds is 6. The van der Waals surface area contributed by atoms with Gasteiger partial charge >= 0.3 is 0 Å². The predicted octanol–water partition coefficient (Wildman–Crippen LogP) is 3.86. The number of amides is 1. The number of likely N-dealkylation sites (tertiary alicyclic amines) is 1. The van der Waals surface area contributed by atoms with Gasteiger partial charge in [0.2, 0.25) is 0 Å². The third-order valence-electron chi connectivity index (χ3n) is 5.96. The van der Waals surface area contributed by atoms with Crippen LogP contribution in [0.15, 0.2) is 42.6 Å². The van der Waals surface area contributed by atoms with E-state index in [-0.39, 0.29) is 18.3 Å². The summed E-state index contributed by atoms with van der Waals surface area (Å²) in [6, 6.07) is 13.3. The SMILES string of the molecule is Cl.O=C(c1ccn(C2CCCNC2)n1)N1CCCC1CCCc1ccccc1. The highest BCUT2D eigenvalue weighted by molar-refractivity contribution is 5.92. The monoisotopic (exact) mass is 402 g/mol. The second kappa shape index (κ2) is 10.1. The number of nitrogens with one attached hydrogen (secondary N) is 1. The van der Waals surface area contributed by atoms with Crippen LogP contribution in [0.5, 0.6) is 0 Å². The molecule has 1 N–H and O–H groups in total. The molecule has 2 aliphatic rings. The van der Waals surface area contributed by atoms with Gasteiger partial charge in [-0.15, -0.1) is 12.4 Å². The Kier molecular flexibility index (Phi) is 7.51. The Labute approximate surface area is 173 Å². The summed E-state index contributed by atoms with van der Waals surface area (Å²) in [6.07, 6.45) is 9.79. The average Bonchev–Trinajstić information content (AvgIpc) is 3.39. The highest BCUT2D eigenvalue weighted by Crippen LogP contribution is 2.24. The Morgan fingerprint density at radius 2 is 2.00 bits per heavy atom. The van der Waals surface area contributed by atoms with Crippen LogP contribution in [0.1, 0.15) is 60.6 Å². The Bertz CT molecular complexity index is 742. The standard InChI is InChI=1S/C22H30N4O.ClH/c27-22(21-13-16-26(24-21)20-11-5-14-23-17-20)25-15-6-12-19(25)10-4-9-18-7-2-1-3-8-18;/h1-3,7-8,13,16,19-20,23H,4-6,9-12,14-15,17H2;1H. The Morgan fingerprint density at radius 3 is 2.79 bits per heavy atom. The number of aryl methyl sites for hydroxylation is 1. The smallest absolute Gasteiger partial charge is 0.274 e. The van der Waals surface area contributed by atoms with Gasteiger partial charge in [-0.05, 0) is 63.1 Å². The minimum absolute atomic E-state index is 0. The number of carbonyl (C=O) groups excluding carboxylic acids is 1. The van der Waals surface area contributed by atoms with Gasteiger partial charge in [0.15, 0.2) is 0 Å². The molecule has 0 saturated carbocycles. The quantitative estimate of drug-likeness (QED) is 0.798. The van der Waals surface area contributed by atoms with Crippen LogP contribution in [-0.2, 0) is 6.42 Å². The minimum atomic E-state index is 0. The van der Waals surface area contributed by atoms with Gasteiger partial charge in [-0.1, -0.05) is 30.3 Å². The topological polar surface area (TPSA) is 50.2 Å². The van der Waals surface area contributed by atoms with Crippen molar-refractivity contribution in [3.8, 4) is 0 Å². The average molecular weight is 403 g/mol. The van der Waals surface area contributed by atoms with Gasteiger partial charge in [0.25, 0.3) is 5.91 Å². The Hall–Kier alpha value is -1.85. The molecule has 4 rings (SSSR count). The van der Waals surface area contributed by atoms with Crippen LogP contribution < -0.4 is 5.32 Å². The summed E-state index contributed by atoms with van der Waals surface area (Å²) in [6.45, 7) is 2.90. The number of benzene rings is 1. The van der Waals surface area contributed by atoms with Gasteiger partial charge in [0.1, 0.15) is 5.69 Å². The summed E-state index contributed by atoms with van der Waals surface area (Å²) in [7, 11) is 0. The lowest BCUT2D eigenvalue weighted by Gasteiger charge is -2.24. The molecule has 1 aromatic carbocycles. The molecule has 6 heteroatoms. The molecule has 1 amide bonds. The summed E-state index contributed by atoms with van der Waals surface area (Å²) in [4.78, 5) is 15.1. The molecule has 0 aliphatic carbocycles. The van der Waals surface area contributed by atoms with Gasteiger partial charge in [0.05, 0.1) is 6.04 Å². The number of piperidine rings is 1. The van der Waals surface area contributed by atoms with Crippen molar-refractivity contribution in [3.63, 3.8) is 0 Å². The first-order valence-electron chi connectivity index (χ1n) is 10.4. The first-order chi connectivity index (χ1) is 13.3. The molecule has 2 unspecified atom stereocenters. The predicted molar refractivity (Wildman–Crippen MR) is 114 cm³/mol. The molecule has 0 radical (unpaired) electrons. The van der Waals surface area contributed by atoms with E-state index in [9.17, 15) is 4.79 Å². The van der Waals surface area contributed by atoms with Crippen LogP contribution in [0.2, 0.25) is 0 Å². The van der Waals surface area contributed by atoms with Gasteiger partial charge in [0, 0.05) is 25.3 Å². The summed E-state index contributed by atoms with van der Waals surface area (Å²) >= 11 is 0. The van der Waals surface area contributed by atoms with Crippen LogP contribution in [0.4, 0.5) is 0 Å². The van der Waals surface area contributed by atoms with E-state index >= 15 is 0 Å². The van der Waals surface area contributed by atoms with Crippen LogP contribution in [-0.4, -0.2) is 46.3 Å². The molecule has 152 valence electrons. The van der Waals surface area contributed by atoms with E-state index in [1.165, 1.54) is 12.0 Å². The van der Waals surface area contributed by atoms with Crippen molar-refractivity contribution in [1.82, 2.24) is 20.0 Å². The van der Waals surface area contributed by atoms with Gasteiger partial charge < -0.3 is 10.2 Å². The van der Waals surface area contributed by atoms with Gasteiger partial charge in [-0.25, -0.2) is 0 Å². The van der Waals surface area contributed by atoms with Crippen molar-refractivity contribution in [2.45, 2.75) is 57.0 Å². The van der Waals surface area contributed by atoms with E-state index in [0.29, 0.717) is 17.8 Å². The molecule has 0 spiro atoms. The molecule has 5 nitrogen and oxygen atoms in total. The lowest BCUT2D eigenvalue weighted by molar-refractivity contribution is 0.0721. The fourth-order valence-electron chi connectivity index (χ4n) is 4.45. The minimum Gasteiger partial charge on any atom is -0.334 e. The normalized spacial score (nSPS) is 22.1. The van der Waals surface area contributed by atoms with Crippen molar-refractivity contribution in [2.75, 3.05) is 19.6 Å². The zero-order valence-electron chi connectivity index (χ0n) is 16.4. The highest BCUT2D eigenvalue weighted by atomic mass is 35.5. The van der Waals surface area contributed by atoms with Crippen LogP contribution in [0, 0.1) is 0 Å². The van der Waals surface area contributed by atoms with Crippen molar-refractivity contribution in [1.29, 1.82) is 0 Å². The van der Waals surface area contributed by atoms with Crippen LogP contribution in [0.25, 0.3) is 0 Å². The highest BCUT2D eigenvalue weighted by Gasteiger charge is 2.30. The second-order valence-electron chi connectivity index (χ2n) is 7.85. The van der Waals surface area contributed by atoms with Crippen LogP contribution in [0.3, 0.4) is 0 Å². The zero-order valence-corrected chi connectivity index (χ0v) is 17.2. The third kappa shape index (κ3) is 4.95. The summed E-state index contributed by atoms with van der Waals surface area (Å²) < 4.78 is 1.99. The molecule has 2 aromatic rings. The third-order valence-corrected chi connectivity index (χ3v) is 5.96. The van der Waals surface area contributed by atoms with Crippen molar-refractivity contribution < 1.29 is 4.79 Å². The first-order valence-corrected chi connectivity index (χ1v) is 10.4. The number of halogens is 1. The lowest BCUT2D eigenvalue weighted by Crippen LogP contribution is -2.36. The van der Waals surface area contributed by atoms with E-state index in [4.69, 9.17) is 0 Å². The number of nitrogens with zero attached hydrogens (tertiary/aromatic N) is 3. The summed E-state index contributed by atoms with van der Waals surface area (Å²) in [5.74, 6) is 0.111. The molecule has 2 fully saturated rings. The molecular weight excluding hydrogens is 372 g/mol. The molecule has 3 heterocycles. The maximum absolute atomic E-state index is 13.0. The molecular formula is C22H31ClN4O. The number of carbonyl (C=O) groups is 1. The van der Waals surface area contributed by atoms with E-state index in [2.05, 4.69) is 45.6 Å². The Balaban J connectivity index is 0.00000225. The molecule has 28 heavy (non-hydrogen) atoms. The van der Waals surface area contributed by atoms with Gasteiger partial charge in [-0.3, -0.25) is 9.48 Å². The molecule has 1 aromatic heterocycles. The number of aromatic nitrogens is 2. The summed E-state index contributed by atoms with van der Waals surface area (Å²) in [5.41, 5.74) is 1.99. The maximum Gasteiger partial charge on any atom is 0.274 e. The fourth-order valence-corrected chi connectivity index (χ4v) is 4.45. The van der Waals surface area contributed by atoms with E-state index < -0.39 is 0 Å². The molecule has 2 saturated heterocycles. The lowest BCUT2D eigenvalue weighted by atomic mass is 10.0. The van der Waals surface area contributed by atoms with E-state index in [1.54, 1.807) is 0 Å². The fraction of sp³-hybridized carbons (Fsp3) is 0.545. The molecule has 2 atom stereocenters. The van der Waals surface area contributed by atoms with Crippen LogP contribution >= 0.6 is 12.4 Å². The number of hydrogen-bond acceptors (Lipinski definition) is 3. The maximum atomic E-state index is 13.0. The first kappa shape index (κ1) is 20.9. The molecule has 0 bridgehead atoms. The second-order valence-corrected chi connectivity index (χ2v) is 7.85. The molecule has 2 aliphatic heterocycles. The largest absolute Gasteiger partial charge is 0.334 e. The van der Waals surface area contributed by atoms with E-state index in [0.717, 1.165) is 58.2 Å². The Morgan fingerprint density at radius 1 is 1.14 bits per heavy atom. The van der Waals surface area contributed by atoms with Crippen molar-refractivity contribution in [2.24, 2.45) is 0 Å². The summed E-state index contributed by atoms with van der Waals surface area (Å²) in [5, 5.41) is 8.04. The van der Waals surface area contributed by atoms with E-state index in [1.807, 2.05) is 16.9 Å².